The van der Waals surface area contributed by atoms with E-state index in [0.29, 0.717) is 0 Å². The number of hydrogen-bond acceptors (Lipinski definition) is 0. The average molecular weight is 159 g/mol. The summed E-state index contributed by atoms with van der Waals surface area (Å²) in [5.41, 5.74) is 5.57. The van der Waals surface area contributed by atoms with Crippen molar-refractivity contribution in [1.29, 1.82) is 0 Å². The van der Waals surface area contributed by atoms with Crippen LogP contribution in [0.15, 0.2) is 12.1 Å². The lowest BCUT2D eigenvalue weighted by Crippen LogP contribution is -2.20. The van der Waals surface area contributed by atoms with E-state index in [2.05, 4.69) is 47.1 Å². The summed E-state index contributed by atoms with van der Waals surface area (Å²) in [5, 5.41) is 0. The highest BCUT2D eigenvalue weighted by molar-refractivity contribution is 6.54. The Morgan fingerprint density at radius 2 is 1.58 bits per heavy atom. The molecule has 1 radical (unpaired) electrons. The molecule has 12 heavy (non-hydrogen) atoms. The molecule has 0 heterocycles. The van der Waals surface area contributed by atoms with Crippen LogP contribution < -0.4 is 5.46 Å². The highest BCUT2D eigenvalue weighted by Gasteiger charge is 2.02. The molecule has 0 aliphatic carbocycles. The standard InChI is InChI=1S/C11H16B/c1-5-12-11-9(3)6-8(2)7-10(11)4/h6-7H,5H2,1-4H3. The Bertz CT molecular complexity index is 253. The molecule has 0 aromatic heterocycles. The van der Waals surface area contributed by atoms with Crippen LogP contribution in [0.3, 0.4) is 0 Å². The largest absolute Gasteiger partial charge is 0.152 e. The normalized spacial score (nSPS) is 10.0. The summed E-state index contributed by atoms with van der Waals surface area (Å²) in [6, 6.07) is 4.49. The summed E-state index contributed by atoms with van der Waals surface area (Å²) in [7, 11) is 2.30. The summed E-state index contributed by atoms with van der Waals surface area (Å²) in [6.45, 7) is 8.69. The number of benzene rings is 1. The first-order chi connectivity index (χ1) is 5.65. The van der Waals surface area contributed by atoms with Gasteiger partial charge in [-0.25, -0.2) is 0 Å². The van der Waals surface area contributed by atoms with Gasteiger partial charge in [0.15, 0.2) is 7.28 Å². The van der Waals surface area contributed by atoms with Crippen LogP contribution in [0.25, 0.3) is 0 Å². The van der Waals surface area contributed by atoms with Crippen molar-refractivity contribution < 1.29 is 0 Å². The van der Waals surface area contributed by atoms with Gasteiger partial charge in [-0.2, -0.15) is 0 Å². The van der Waals surface area contributed by atoms with Gasteiger partial charge in [-0.3, -0.25) is 0 Å². The molecule has 0 nitrogen and oxygen atoms in total. The van der Waals surface area contributed by atoms with Gasteiger partial charge in [0.1, 0.15) is 0 Å². The van der Waals surface area contributed by atoms with E-state index in [1.807, 2.05) is 0 Å². The van der Waals surface area contributed by atoms with Crippen molar-refractivity contribution in [2.24, 2.45) is 0 Å². The van der Waals surface area contributed by atoms with E-state index in [1.165, 1.54) is 22.2 Å². The van der Waals surface area contributed by atoms with Crippen molar-refractivity contribution in [2.45, 2.75) is 34.0 Å². The molecular formula is C11H16B. The second kappa shape index (κ2) is 3.80. The van der Waals surface area contributed by atoms with E-state index in [1.54, 1.807) is 0 Å². The molecule has 63 valence electrons. The molecule has 0 amide bonds. The van der Waals surface area contributed by atoms with Crippen molar-refractivity contribution in [3.8, 4) is 0 Å². The first-order valence-electron chi connectivity index (χ1n) is 4.56. The van der Waals surface area contributed by atoms with Crippen molar-refractivity contribution in [3.05, 3.63) is 28.8 Å². The fraction of sp³-hybridized carbons (Fsp3) is 0.455. The Morgan fingerprint density at radius 1 is 1.08 bits per heavy atom. The second-order valence-corrected chi connectivity index (χ2v) is 3.42. The Balaban J connectivity index is 3.10. The van der Waals surface area contributed by atoms with Crippen molar-refractivity contribution in [2.75, 3.05) is 0 Å². The predicted molar refractivity (Wildman–Crippen MR) is 56.5 cm³/mol. The number of hydrogen-bond donors (Lipinski definition) is 0. The molecule has 1 rings (SSSR count). The van der Waals surface area contributed by atoms with Crippen molar-refractivity contribution in [1.82, 2.24) is 0 Å². The van der Waals surface area contributed by atoms with Gasteiger partial charge in [0.05, 0.1) is 0 Å². The van der Waals surface area contributed by atoms with Crippen molar-refractivity contribution >= 4 is 12.7 Å². The molecule has 0 N–H and O–H groups in total. The predicted octanol–water partition coefficient (Wildman–Crippen LogP) is 2.38. The quantitative estimate of drug-likeness (QED) is 0.581. The summed E-state index contributed by atoms with van der Waals surface area (Å²) < 4.78 is 0. The van der Waals surface area contributed by atoms with Gasteiger partial charge in [-0.15, -0.1) is 0 Å². The SMILES string of the molecule is CC[B]c1c(C)cc(C)cc1C. The van der Waals surface area contributed by atoms with E-state index >= 15 is 0 Å². The average Bonchev–Trinajstić information content (AvgIpc) is 1.96. The lowest BCUT2D eigenvalue weighted by atomic mass is 9.64. The van der Waals surface area contributed by atoms with E-state index in [-0.39, 0.29) is 0 Å². The molecular weight excluding hydrogens is 143 g/mol. The molecule has 0 atom stereocenters. The van der Waals surface area contributed by atoms with Crippen LogP contribution in [0.5, 0.6) is 0 Å². The molecule has 0 aliphatic heterocycles. The maximum absolute atomic E-state index is 2.30. The Hall–Kier alpha value is -0.715. The van der Waals surface area contributed by atoms with E-state index in [0.717, 1.165) is 6.32 Å². The Morgan fingerprint density at radius 3 is 2.00 bits per heavy atom. The molecule has 0 saturated heterocycles. The minimum atomic E-state index is 1.12. The molecule has 0 unspecified atom stereocenters. The van der Waals surface area contributed by atoms with Crippen LogP contribution in [-0.2, 0) is 0 Å². The van der Waals surface area contributed by atoms with Gasteiger partial charge in [0.2, 0.25) is 0 Å². The van der Waals surface area contributed by atoms with Crippen LogP contribution in [-0.4, -0.2) is 7.28 Å². The van der Waals surface area contributed by atoms with E-state index in [9.17, 15) is 0 Å². The molecule has 0 aliphatic rings. The zero-order valence-electron chi connectivity index (χ0n) is 8.44. The molecule has 0 spiro atoms. The zero-order valence-corrected chi connectivity index (χ0v) is 8.44. The Kier molecular flexibility index (Phi) is 2.96. The third-order valence-electron chi connectivity index (χ3n) is 2.15. The van der Waals surface area contributed by atoms with E-state index < -0.39 is 0 Å². The van der Waals surface area contributed by atoms with Crippen molar-refractivity contribution in [3.63, 3.8) is 0 Å². The fourth-order valence-electron chi connectivity index (χ4n) is 1.72. The fourth-order valence-corrected chi connectivity index (χ4v) is 1.72. The highest BCUT2D eigenvalue weighted by atomic mass is 14.0. The van der Waals surface area contributed by atoms with Gasteiger partial charge < -0.3 is 0 Å². The third kappa shape index (κ3) is 1.91. The van der Waals surface area contributed by atoms with Crippen LogP contribution >= 0.6 is 0 Å². The van der Waals surface area contributed by atoms with Crippen LogP contribution in [0.4, 0.5) is 0 Å². The third-order valence-corrected chi connectivity index (χ3v) is 2.15. The van der Waals surface area contributed by atoms with Gasteiger partial charge >= 0.3 is 0 Å². The molecule has 1 aromatic carbocycles. The molecule has 0 saturated carbocycles. The van der Waals surface area contributed by atoms with Gasteiger partial charge in [0.25, 0.3) is 0 Å². The highest BCUT2D eigenvalue weighted by Crippen LogP contribution is 2.05. The number of aryl methyl sites for hydroxylation is 3. The molecule has 1 heteroatoms. The monoisotopic (exact) mass is 159 g/mol. The van der Waals surface area contributed by atoms with Crippen LogP contribution in [0.1, 0.15) is 23.6 Å². The second-order valence-electron chi connectivity index (χ2n) is 3.42. The van der Waals surface area contributed by atoms with E-state index in [4.69, 9.17) is 0 Å². The molecule has 0 fully saturated rings. The lowest BCUT2D eigenvalue weighted by Gasteiger charge is -2.09. The topological polar surface area (TPSA) is 0 Å². The smallest absolute Gasteiger partial charge is 0.0821 e. The van der Waals surface area contributed by atoms with Gasteiger partial charge in [-0.05, 0) is 20.8 Å². The zero-order chi connectivity index (χ0) is 9.14. The molecule has 0 bridgehead atoms. The van der Waals surface area contributed by atoms with Crippen LogP contribution in [0.2, 0.25) is 6.32 Å². The maximum Gasteiger partial charge on any atom is 0.152 e. The van der Waals surface area contributed by atoms with Gasteiger partial charge in [-0.1, -0.05) is 47.5 Å². The first-order valence-corrected chi connectivity index (χ1v) is 4.56. The maximum atomic E-state index is 2.30. The Labute approximate surface area is 76.2 Å². The summed E-state index contributed by atoms with van der Waals surface area (Å²) in [4.78, 5) is 0. The van der Waals surface area contributed by atoms with Crippen LogP contribution in [0, 0.1) is 20.8 Å². The lowest BCUT2D eigenvalue weighted by molar-refractivity contribution is 1.34. The minimum Gasteiger partial charge on any atom is -0.0821 e. The van der Waals surface area contributed by atoms with Gasteiger partial charge in [0, 0.05) is 0 Å². The first kappa shape index (κ1) is 9.37. The number of rotatable bonds is 2. The molecule has 1 aromatic rings. The minimum absolute atomic E-state index is 1.12. The summed E-state index contributed by atoms with van der Waals surface area (Å²) in [5.74, 6) is 0. The summed E-state index contributed by atoms with van der Waals surface area (Å²) >= 11 is 0. The summed E-state index contributed by atoms with van der Waals surface area (Å²) in [6.07, 6.45) is 1.12.